The molecule has 1 saturated carbocycles. The molecule has 1 aliphatic carbocycles. The van der Waals surface area contributed by atoms with Crippen LogP contribution < -0.4 is 10.6 Å². The molecule has 1 aliphatic heterocycles. The number of halogens is 3. The molecular formula is C20H24F3N3O3. The van der Waals surface area contributed by atoms with Gasteiger partial charge in [0.2, 0.25) is 5.91 Å². The average Bonchev–Trinajstić information content (AvgIpc) is 2.87. The number of carbonyl (C=O) groups excluding carboxylic acids is 3. The monoisotopic (exact) mass is 411 g/mol. The van der Waals surface area contributed by atoms with Gasteiger partial charge in [-0.3, -0.25) is 14.5 Å². The van der Waals surface area contributed by atoms with E-state index in [1.807, 2.05) is 6.92 Å². The molecule has 6 nitrogen and oxygen atoms in total. The van der Waals surface area contributed by atoms with E-state index in [0.717, 1.165) is 37.8 Å². The van der Waals surface area contributed by atoms with Crippen LogP contribution in [-0.4, -0.2) is 35.3 Å². The third-order valence-corrected chi connectivity index (χ3v) is 5.81. The smallest absolute Gasteiger partial charge is 0.352 e. The summed E-state index contributed by atoms with van der Waals surface area (Å²) >= 11 is 0. The van der Waals surface area contributed by atoms with Crippen molar-refractivity contribution in [2.24, 2.45) is 5.92 Å². The lowest BCUT2D eigenvalue weighted by molar-refractivity contribution is -0.140. The molecule has 0 aromatic heterocycles. The first kappa shape index (κ1) is 21.1. The molecule has 0 radical (unpaired) electrons. The van der Waals surface area contributed by atoms with Crippen molar-refractivity contribution in [3.05, 3.63) is 35.4 Å². The summed E-state index contributed by atoms with van der Waals surface area (Å²) in [6.45, 7) is 2.72. The molecule has 1 aromatic carbocycles. The van der Waals surface area contributed by atoms with Crippen LogP contribution in [0, 0.1) is 5.92 Å². The first-order chi connectivity index (χ1) is 13.5. The van der Waals surface area contributed by atoms with Crippen LogP contribution in [0.1, 0.15) is 50.7 Å². The number of hydrogen-bond donors (Lipinski definition) is 2. The summed E-state index contributed by atoms with van der Waals surface area (Å²) in [6.07, 6.45) is -0.793. The van der Waals surface area contributed by atoms with Crippen LogP contribution in [0.25, 0.3) is 0 Å². The number of benzene rings is 1. The van der Waals surface area contributed by atoms with Crippen LogP contribution in [0.3, 0.4) is 0 Å². The average molecular weight is 411 g/mol. The number of imide groups is 1. The van der Waals surface area contributed by atoms with Gasteiger partial charge < -0.3 is 10.6 Å². The van der Waals surface area contributed by atoms with Gasteiger partial charge in [0.15, 0.2) is 0 Å². The number of rotatable bonds is 4. The summed E-state index contributed by atoms with van der Waals surface area (Å²) in [6, 6.07) is 3.69. The second-order valence-electron chi connectivity index (χ2n) is 7.93. The van der Waals surface area contributed by atoms with Crippen LogP contribution in [0.5, 0.6) is 0 Å². The highest BCUT2D eigenvalue weighted by Crippen LogP contribution is 2.39. The molecule has 0 unspecified atom stereocenters. The molecule has 29 heavy (non-hydrogen) atoms. The topological polar surface area (TPSA) is 78.5 Å². The van der Waals surface area contributed by atoms with Gasteiger partial charge in [0, 0.05) is 6.04 Å². The van der Waals surface area contributed by atoms with Crippen LogP contribution in [0.2, 0.25) is 0 Å². The second kappa shape index (κ2) is 7.68. The molecule has 158 valence electrons. The first-order valence-electron chi connectivity index (χ1n) is 9.64. The highest BCUT2D eigenvalue weighted by atomic mass is 19.4. The number of amides is 4. The van der Waals surface area contributed by atoms with Gasteiger partial charge in [-0.25, -0.2) is 4.79 Å². The molecule has 0 spiro atoms. The number of carbonyl (C=O) groups is 3. The van der Waals surface area contributed by atoms with Gasteiger partial charge >= 0.3 is 12.2 Å². The van der Waals surface area contributed by atoms with Crippen LogP contribution >= 0.6 is 0 Å². The van der Waals surface area contributed by atoms with Gasteiger partial charge in [-0.2, -0.15) is 13.2 Å². The van der Waals surface area contributed by atoms with Crippen molar-refractivity contribution in [2.75, 3.05) is 6.54 Å². The molecule has 1 saturated heterocycles. The van der Waals surface area contributed by atoms with E-state index in [-0.39, 0.29) is 11.6 Å². The van der Waals surface area contributed by atoms with Crippen LogP contribution in [0.15, 0.2) is 24.3 Å². The van der Waals surface area contributed by atoms with Gasteiger partial charge in [-0.15, -0.1) is 0 Å². The normalized spacial score (nSPS) is 27.7. The lowest BCUT2D eigenvalue weighted by Gasteiger charge is -2.30. The van der Waals surface area contributed by atoms with Crippen molar-refractivity contribution in [1.29, 1.82) is 0 Å². The van der Waals surface area contributed by atoms with Crippen molar-refractivity contribution in [3.63, 3.8) is 0 Å². The molecule has 4 amide bonds. The van der Waals surface area contributed by atoms with E-state index in [0.29, 0.717) is 10.8 Å². The summed E-state index contributed by atoms with van der Waals surface area (Å²) in [5, 5.41) is 5.18. The number of nitrogens with one attached hydrogen (secondary N) is 2. The molecule has 1 heterocycles. The number of alkyl halides is 3. The predicted octanol–water partition coefficient (Wildman–Crippen LogP) is 3.17. The van der Waals surface area contributed by atoms with E-state index in [1.54, 1.807) is 0 Å². The van der Waals surface area contributed by atoms with Gasteiger partial charge in [0.25, 0.3) is 5.91 Å². The summed E-state index contributed by atoms with van der Waals surface area (Å²) in [5.41, 5.74) is -3.25. The Bertz CT molecular complexity index is 827. The Labute approximate surface area is 166 Å². The summed E-state index contributed by atoms with van der Waals surface area (Å²) in [5.74, 6) is -1.09. The third-order valence-electron chi connectivity index (χ3n) is 5.81. The number of urea groups is 1. The molecule has 0 bridgehead atoms. The third kappa shape index (κ3) is 4.09. The van der Waals surface area contributed by atoms with Crippen molar-refractivity contribution in [3.8, 4) is 0 Å². The zero-order chi connectivity index (χ0) is 21.4. The molecule has 3 atom stereocenters. The fraction of sp³-hybridized carbons (Fsp3) is 0.550. The predicted molar refractivity (Wildman–Crippen MR) is 98.6 cm³/mol. The van der Waals surface area contributed by atoms with Crippen LogP contribution in [-0.2, 0) is 21.3 Å². The Morgan fingerprint density at radius 3 is 2.55 bits per heavy atom. The zero-order valence-corrected chi connectivity index (χ0v) is 16.3. The molecule has 3 rings (SSSR count). The minimum Gasteiger partial charge on any atom is -0.352 e. The van der Waals surface area contributed by atoms with E-state index in [2.05, 4.69) is 10.6 Å². The molecule has 9 heteroatoms. The van der Waals surface area contributed by atoms with Crippen molar-refractivity contribution >= 4 is 17.8 Å². The quantitative estimate of drug-likeness (QED) is 0.747. The fourth-order valence-electron chi connectivity index (χ4n) is 4.12. The Balaban J connectivity index is 1.78. The minimum atomic E-state index is -4.69. The maximum Gasteiger partial charge on any atom is 0.416 e. The SMILES string of the molecule is C[C@@H]1CCCC[C@@H]1NC(=O)CN1C(=O)N[C@@](C)(c2ccccc2C(F)(F)F)C1=O. The summed E-state index contributed by atoms with van der Waals surface area (Å²) in [7, 11) is 0. The highest BCUT2D eigenvalue weighted by molar-refractivity contribution is 6.09. The standard InChI is InChI=1S/C20H24F3N3O3/c1-12-7-3-6-10-15(12)24-16(27)11-26-17(28)19(2,25-18(26)29)13-8-4-5-9-14(13)20(21,22)23/h4-5,8-9,12,15H,3,6-7,10-11H2,1-2H3,(H,24,27)(H,25,29)/t12-,15+,19+/m1/s1. The largest absolute Gasteiger partial charge is 0.416 e. The molecule has 2 fully saturated rings. The lowest BCUT2D eigenvalue weighted by Crippen LogP contribution is -2.47. The Hall–Kier alpha value is -2.58. The second-order valence-corrected chi connectivity index (χ2v) is 7.93. The van der Waals surface area contributed by atoms with E-state index >= 15 is 0 Å². The van der Waals surface area contributed by atoms with E-state index in [9.17, 15) is 27.6 Å². The van der Waals surface area contributed by atoms with Gasteiger partial charge in [0.05, 0.1) is 5.56 Å². The van der Waals surface area contributed by atoms with E-state index < -0.39 is 41.7 Å². The number of nitrogens with zero attached hydrogens (tertiary/aromatic N) is 1. The Morgan fingerprint density at radius 2 is 1.90 bits per heavy atom. The first-order valence-corrected chi connectivity index (χ1v) is 9.64. The zero-order valence-electron chi connectivity index (χ0n) is 16.3. The fourth-order valence-corrected chi connectivity index (χ4v) is 4.12. The highest BCUT2D eigenvalue weighted by Gasteiger charge is 2.52. The molecule has 2 aliphatic rings. The van der Waals surface area contributed by atoms with Crippen molar-refractivity contribution < 1.29 is 27.6 Å². The molecular weight excluding hydrogens is 387 g/mol. The lowest BCUT2D eigenvalue weighted by atomic mass is 9.86. The Morgan fingerprint density at radius 1 is 1.24 bits per heavy atom. The summed E-state index contributed by atoms with van der Waals surface area (Å²) in [4.78, 5) is 38.4. The van der Waals surface area contributed by atoms with Crippen molar-refractivity contribution in [2.45, 2.75) is 57.3 Å². The maximum absolute atomic E-state index is 13.4. The van der Waals surface area contributed by atoms with Crippen LogP contribution in [0.4, 0.5) is 18.0 Å². The van der Waals surface area contributed by atoms with Gasteiger partial charge in [0.1, 0.15) is 12.1 Å². The van der Waals surface area contributed by atoms with Gasteiger partial charge in [-0.05, 0) is 37.3 Å². The molecule has 1 aromatic rings. The van der Waals surface area contributed by atoms with Crippen molar-refractivity contribution in [1.82, 2.24) is 15.5 Å². The molecule has 2 N–H and O–H groups in total. The summed E-state index contributed by atoms with van der Waals surface area (Å²) < 4.78 is 40.2. The van der Waals surface area contributed by atoms with Gasteiger partial charge in [-0.1, -0.05) is 38.0 Å². The maximum atomic E-state index is 13.4. The van der Waals surface area contributed by atoms with E-state index in [4.69, 9.17) is 0 Å². The Kier molecular flexibility index (Phi) is 5.60. The number of hydrogen-bond acceptors (Lipinski definition) is 3. The minimum absolute atomic E-state index is 0.0330. The van der Waals surface area contributed by atoms with E-state index in [1.165, 1.54) is 19.1 Å².